The van der Waals surface area contributed by atoms with Gasteiger partial charge in [0.25, 0.3) is 0 Å². The second-order valence-corrected chi connectivity index (χ2v) is 6.94. The minimum absolute atomic E-state index is 0. The molecule has 0 spiro atoms. The van der Waals surface area contributed by atoms with Crippen LogP contribution in [0.5, 0.6) is 0 Å². The second-order valence-electron chi connectivity index (χ2n) is 6.94. The van der Waals surface area contributed by atoms with Gasteiger partial charge < -0.3 is 20.5 Å². The largest absolute Gasteiger partial charge is 0.462 e. The van der Waals surface area contributed by atoms with E-state index in [1.54, 1.807) is 31.2 Å². The van der Waals surface area contributed by atoms with Crippen molar-refractivity contribution in [1.29, 1.82) is 0 Å². The summed E-state index contributed by atoms with van der Waals surface area (Å²) in [5, 5.41) is 2.90. The molecule has 2 rings (SSSR count). The maximum atomic E-state index is 12.6. The number of amides is 1. The van der Waals surface area contributed by atoms with E-state index in [-0.39, 0.29) is 30.4 Å². The van der Waals surface area contributed by atoms with Crippen molar-refractivity contribution < 1.29 is 19.1 Å². The number of benzene rings is 1. The summed E-state index contributed by atoms with van der Waals surface area (Å²) in [5.41, 5.74) is 6.39. The van der Waals surface area contributed by atoms with Crippen LogP contribution in [0.2, 0.25) is 0 Å². The van der Waals surface area contributed by atoms with E-state index < -0.39 is 11.0 Å². The first kappa shape index (κ1) is 22.4. The molecular formula is C19H29ClN2O4. The van der Waals surface area contributed by atoms with E-state index in [0.717, 1.165) is 5.56 Å². The van der Waals surface area contributed by atoms with Crippen LogP contribution in [-0.2, 0) is 20.8 Å². The summed E-state index contributed by atoms with van der Waals surface area (Å²) in [6.07, 6.45) is 0.513. The van der Waals surface area contributed by atoms with Crippen LogP contribution < -0.4 is 11.1 Å². The highest BCUT2D eigenvalue weighted by Crippen LogP contribution is 2.49. The van der Waals surface area contributed by atoms with Gasteiger partial charge in [0.2, 0.25) is 5.91 Å². The summed E-state index contributed by atoms with van der Waals surface area (Å²) in [5.74, 6) is -0.528. The summed E-state index contributed by atoms with van der Waals surface area (Å²) >= 11 is 0. The van der Waals surface area contributed by atoms with E-state index in [9.17, 15) is 9.59 Å². The summed E-state index contributed by atoms with van der Waals surface area (Å²) < 4.78 is 10.6. The maximum absolute atomic E-state index is 12.6. The molecule has 2 atom stereocenters. The predicted molar refractivity (Wildman–Crippen MR) is 102 cm³/mol. The lowest BCUT2D eigenvalue weighted by molar-refractivity contribution is -0.170. The number of rotatable bonds is 7. The molecule has 1 saturated carbocycles. The van der Waals surface area contributed by atoms with Crippen LogP contribution >= 0.6 is 12.4 Å². The zero-order valence-corrected chi connectivity index (χ0v) is 16.7. The number of esters is 1. The Kier molecular flexibility index (Phi) is 7.62. The molecule has 1 amide bonds. The molecule has 0 radical (unpaired) electrons. The molecule has 0 aliphatic heterocycles. The topological polar surface area (TPSA) is 90.7 Å². The van der Waals surface area contributed by atoms with E-state index >= 15 is 0 Å². The second kappa shape index (κ2) is 8.84. The molecule has 0 aromatic heterocycles. The van der Waals surface area contributed by atoms with Crippen molar-refractivity contribution in [2.75, 3.05) is 13.2 Å². The Morgan fingerprint density at radius 1 is 1.19 bits per heavy atom. The smallest absolute Gasteiger partial charge is 0.338 e. The lowest BCUT2D eigenvalue weighted by Gasteiger charge is -2.57. The lowest BCUT2D eigenvalue weighted by atomic mass is 9.54. The molecule has 1 aromatic rings. The van der Waals surface area contributed by atoms with Crippen molar-refractivity contribution in [3.8, 4) is 0 Å². The zero-order chi connectivity index (χ0) is 18.7. The Hall–Kier alpha value is -1.63. The van der Waals surface area contributed by atoms with E-state index in [1.807, 2.05) is 20.8 Å². The number of nitrogens with one attached hydrogen (secondary N) is 1. The van der Waals surface area contributed by atoms with Crippen LogP contribution in [0.15, 0.2) is 24.3 Å². The van der Waals surface area contributed by atoms with Gasteiger partial charge in [-0.3, -0.25) is 4.79 Å². The fraction of sp³-hybridized carbons (Fsp3) is 0.579. The fourth-order valence-electron chi connectivity index (χ4n) is 3.13. The molecule has 0 heterocycles. The standard InChI is InChI=1S/C19H28N2O4.ClH/c1-5-24-15-11-19(20,18(15,3)4)17(23)21-12-13-7-9-14(10-8-13)16(22)25-6-2;/h7-10,15H,5-6,11-12,20H2,1-4H3,(H,21,23);1H. The van der Waals surface area contributed by atoms with Crippen LogP contribution in [0.4, 0.5) is 0 Å². The van der Waals surface area contributed by atoms with Crippen LogP contribution in [0.3, 0.4) is 0 Å². The number of ether oxygens (including phenoxy) is 2. The van der Waals surface area contributed by atoms with Crippen LogP contribution in [0.25, 0.3) is 0 Å². The van der Waals surface area contributed by atoms with E-state index in [1.165, 1.54) is 0 Å². The van der Waals surface area contributed by atoms with Crippen molar-refractivity contribution in [3.05, 3.63) is 35.4 Å². The van der Waals surface area contributed by atoms with E-state index in [0.29, 0.717) is 31.7 Å². The third kappa shape index (κ3) is 4.19. The normalized spacial score (nSPS) is 23.3. The zero-order valence-electron chi connectivity index (χ0n) is 15.8. The fourth-order valence-corrected chi connectivity index (χ4v) is 3.13. The molecule has 0 saturated heterocycles. The van der Waals surface area contributed by atoms with Crippen molar-refractivity contribution in [2.45, 2.75) is 52.3 Å². The minimum Gasteiger partial charge on any atom is -0.462 e. The van der Waals surface area contributed by atoms with Crippen molar-refractivity contribution in [2.24, 2.45) is 11.1 Å². The van der Waals surface area contributed by atoms with E-state index in [4.69, 9.17) is 15.2 Å². The highest BCUT2D eigenvalue weighted by Gasteiger charge is 2.62. The van der Waals surface area contributed by atoms with Gasteiger partial charge in [-0.05, 0) is 31.5 Å². The summed E-state index contributed by atoms with van der Waals surface area (Å²) in [7, 11) is 0. The Balaban J connectivity index is 0.00000338. The number of carbonyl (C=O) groups is 2. The van der Waals surface area contributed by atoms with Gasteiger partial charge in [0.05, 0.1) is 18.3 Å². The Morgan fingerprint density at radius 3 is 2.31 bits per heavy atom. The van der Waals surface area contributed by atoms with Crippen molar-refractivity contribution >= 4 is 24.3 Å². The van der Waals surface area contributed by atoms with Crippen LogP contribution in [0, 0.1) is 5.41 Å². The first-order valence-electron chi connectivity index (χ1n) is 8.71. The van der Waals surface area contributed by atoms with E-state index in [2.05, 4.69) is 5.32 Å². The average Bonchev–Trinajstić information content (AvgIpc) is 2.59. The molecule has 6 nitrogen and oxygen atoms in total. The minimum atomic E-state index is -0.933. The van der Waals surface area contributed by atoms with Crippen molar-refractivity contribution in [3.63, 3.8) is 0 Å². The average molecular weight is 385 g/mol. The Labute approximate surface area is 161 Å². The van der Waals surface area contributed by atoms with Gasteiger partial charge in [0.15, 0.2) is 0 Å². The number of carbonyl (C=O) groups excluding carboxylic acids is 2. The highest BCUT2D eigenvalue weighted by atomic mass is 35.5. The summed E-state index contributed by atoms with van der Waals surface area (Å²) in [6.45, 7) is 8.94. The predicted octanol–water partition coefficient (Wildman–Crippen LogP) is 2.43. The number of hydrogen-bond acceptors (Lipinski definition) is 5. The van der Waals surface area contributed by atoms with Gasteiger partial charge in [0, 0.05) is 25.0 Å². The van der Waals surface area contributed by atoms with Gasteiger partial charge in [-0.25, -0.2) is 4.79 Å². The van der Waals surface area contributed by atoms with Gasteiger partial charge in [-0.1, -0.05) is 26.0 Å². The summed E-state index contributed by atoms with van der Waals surface area (Å²) in [4.78, 5) is 24.2. The molecule has 1 aliphatic rings. The van der Waals surface area contributed by atoms with Gasteiger partial charge in [0.1, 0.15) is 5.54 Å². The summed E-state index contributed by atoms with van der Waals surface area (Å²) in [6, 6.07) is 6.97. The maximum Gasteiger partial charge on any atom is 0.338 e. The molecule has 1 aromatic carbocycles. The molecule has 146 valence electrons. The molecule has 2 unspecified atom stereocenters. The third-order valence-corrected chi connectivity index (χ3v) is 5.15. The van der Waals surface area contributed by atoms with Gasteiger partial charge in [-0.2, -0.15) is 0 Å². The molecule has 1 aliphatic carbocycles. The SMILES string of the molecule is CCOC(=O)c1ccc(CNC(=O)C2(N)CC(OCC)C2(C)C)cc1.Cl. The quantitative estimate of drug-likeness (QED) is 0.704. The molecule has 26 heavy (non-hydrogen) atoms. The first-order chi connectivity index (χ1) is 11.8. The first-order valence-corrected chi connectivity index (χ1v) is 8.71. The van der Waals surface area contributed by atoms with Crippen LogP contribution in [0.1, 0.15) is 50.0 Å². The number of nitrogens with two attached hydrogens (primary N) is 1. The Morgan fingerprint density at radius 2 is 1.81 bits per heavy atom. The molecular weight excluding hydrogens is 356 g/mol. The van der Waals surface area contributed by atoms with Crippen molar-refractivity contribution in [1.82, 2.24) is 5.32 Å². The monoisotopic (exact) mass is 384 g/mol. The lowest BCUT2D eigenvalue weighted by Crippen LogP contribution is -2.75. The molecule has 1 fully saturated rings. The van der Waals surface area contributed by atoms with Gasteiger partial charge in [-0.15, -0.1) is 12.4 Å². The number of hydrogen-bond donors (Lipinski definition) is 2. The molecule has 7 heteroatoms. The Bertz CT molecular complexity index is 633. The molecule has 0 bridgehead atoms. The highest BCUT2D eigenvalue weighted by molar-refractivity contribution is 5.90. The third-order valence-electron chi connectivity index (χ3n) is 5.15. The van der Waals surface area contributed by atoms with Crippen LogP contribution in [-0.4, -0.2) is 36.7 Å². The molecule has 3 N–H and O–H groups in total. The van der Waals surface area contributed by atoms with Gasteiger partial charge >= 0.3 is 5.97 Å². The number of halogens is 1.